The minimum atomic E-state index is -0.326. The van der Waals surface area contributed by atoms with Gasteiger partial charge in [-0.2, -0.15) is 5.10 Å². The summed E-state index contributed by atoms with van der Waals surface area (Å²) in [7, 11) is 0. The Labute approximate surface area is 143 Å². The minimum absolute atomic E-state index is 0.228. The van der Waals surface area contributed by atoms with Crippen LogP contribution in [0, 0.1) is 0 Å². The Balaban J connectivity index is 1.53. The van der Waals surface area contributed by atoms with E-state index in [1.807, 2.05) is 60.7 Å². The summed E-state index contributed by atoms with van der Waals surface area (Å²) in [6.45, 7) is 0. The Morgan fingerprint density at radius 2 is 1.80 bits per heavy atom. The van der Waals surface area contributed by atoms with Crippen molar-refractivity contribution in [1.82, 2.24) is 15.4 Å². The van der Waals surface area contributed by atoms with Crippen molar-refractivity contribution in [1.29, 1.82) is 0 Å². The second-order valence-electron chi connectivity index (χ2n) is 5.45. The quantitative estimate of drug-likeness (QED) is 0.593. The highest BCUT2D eigenvalue weighted by Crippen LogP contribution is 2.22. The van der Waals surface area contributed by atoms with Crippen LogP contribution >= 0.6 is 0 Å². The topological polar surface area (TPSA) is 83.8 Å². The normalized spacial score (nSPS) is 10.6. The molecule has 2 aromatic carbocycles. The maximum atomic E-state index is 12.4. The first kappa shape index (κ1) is 14.9. The second kappa shape index (κ2) is 6.45. The van der Waals surface area contributed by atoms with E-state index in [-0.39, 0.29) is 11.6 Å². The molecule has 0 saturated carbocycles. The molecule has 2 N–H and O–H groups in total. The van der Waals surface area contributed by atoms with Crippen LogP contribution in [0.1, 0.15) is 10.5 Å². The number of nitrogens with one attached hydrogen (secondary N) is 2. The van der Waals surface area contributed by atoms with Crippen molar-refractivity contribution in [3.8, 4) is 22.6 Å². The van der Waals surface area contributed by atoms with Gasteiger partial charge in [-0.15, -0.1) is 0 Å². The van der Waals surface area contributed by atoms with Gasteiger partial charge in [0.05, 0.1) is 5.69 Å². The Morgan fingerprint density at radius 3 is 2.60 bits per heavy atom. The van der Waals surface area contributed by atoms with Crippen molar-refractivity contribution in [3.63, 3.8) is 0 Å². The number of carbonyl (C=O) groups is 1. The lowest BCUT2D eigenvalue weighted by atomic mass is 10.1. The highest BCUT2D eigenvalue weighted by atomic mass is 16.5. The summed E-state index contributed by atoms with van der Waals surface area (Å²) in [6.07, 6.45) is 1.68. The third-order valence-electron chi connectivity index (χ3n) is 3.73. The van der Waals surface area contributed by atoms with Crippen LogP contribution in [0.3, 0.4) is 0 Å². The Morgan fingerprint density at radius 1 is 0.960 bits per heavy atom. The molecule has 1 amide bonds. The van der Waals surface area contributed by atoms with Gasteiger partial charge >= 0.3 is 0 Å². The fraction of sp³-hybridized carbons (Fsp3) is 0. The maximum Gasteiger partial charge on any atom is 0.277 e. The third kappa shape index (κ3) is 3.18. The Hall–Kier alpha value is -3.67. The van der Waals surface area contributed by atoms with E-state index < -0.39 is 0 Å². The van der Waals surface area contributed by atoms with Gasteiger partial charge in [-0.05, 0) is 18.2 Å². The molecule has 0 unspecified atom stereocenters. The predicted molar refractivity (Wildman–Crippen MR) is 93.9 cm³/mol. The van der Waals surface area contributed by atoms with Crippen molar-refractivity contribution in [2.24, 2.45) is 0 Å². The molecule has 0 aliphatic carbocycles. The SMILES string of the molecule is O=C(Nc1cccc(-c2ccn[nH]2)c1)c1cc(-c2ccccc2)on1. The molecule has 0 fully saturated rings. The highest BCUT2D eigenvalue weighted by Gasteiger charge is 2.14. The number of nitrogens with zero attached hydrogens (tertiary/aromatic N) is 2. The first-order chi connectivity index (χ1) is 12.3. The summed E-state index contributed by atoms with van der Waals surface area (Å²) in [5.74, 6) is 0.227. The fourth-order valence-electron chi connectivity index (χ4n) is 2.50. The van der Waals surface area contributed by atoms with E-state index in [9.17, 15) is 4.79 Å². The molecule has 4 aromatic rings. The molecule has 0 saturated heterocycles. The van der Waals surface area contributed by atoms with Gasteiger partial charge < -0.3 is 9.84 Å². The van der Waals surface area contributed by atoms with Gasteiger partial charge in [0.15, 0.2) is 11.5 Å². The number of H-pyrrole nitrogens is 1. The van der Waals surface area contributed by atoms with Crippen LogP contribution in [0.2, 0.25) is 0 Å². The average Bonchev–Trinajstić information content (AvgIpc) is 3.35. The average molecular weight is 330 g/mol. The van der Waals surface area contributed by atoms with Gasteiger partial charge in [-0.3, -0.25) is 9.89 Å². The molecule has 4 rings (SSSR count). The van der Waals surface area contributed by atoms with Crippen LogP contribution in [0.5, 0.6) is 0 Å². The summed E-state index contributed by atoms with van der Waals surface area (Å²) in [6, 6.07) is 20.5. The molecule has 0 aliphatic rings. The van der Waals surface area contributed by atoms with Crippen molar-refractivity contribution in [2.75, 3.05) is 5.32 Å². The summed E-state index contributed by atoms with van der Waals surface area (Å²) < 4.78 is 5.27. The van der Waals surface area contributed by atoms with Gasteiger partial charge in [0.25, 0.3) is 5.91 Å². The first-order valence-electron chi connectivity index (χ1n) is 7.73. The predicted octanol–water partition coefficient (Wildman–Crippen LogP) is 3.98. The standard InChI is InChI=1S/C19H14N4O2/c24-19(17-12-18(25-23-17)13-5-2-1-3-6-13)21-15-8-4-7-14(11-15)16-9-10-20-22-16/h1-12H,(H,20,22)(H,21,24). The number of aromatic amines is 1. The number of rotatable bonds is 4. The maximum absolute atomic E-state index is 12.4. The summed E-state index contributed by atoms with van der Waals surface area (Å²) in [5.41, 5.74) is 3.58. The number of hydrogen-bond donors (Lipinski definition) is 2. The van der Waals surface area contributed by atoms with Crippen LogP contribution in [0.4, 0.5) is 5.69 Å². The zero-order valence-electron chi connectivity index (χ0n) is 13.1. The third-order valence-corrected chi connectivity index (χ3v) is 3.73. The van der Waals surface area contributed by atoms with Gasteiger partial charge in [0.1, 0.15) is 0 Å². The van der Waals surface area contributed by atoms with Gasteiger partial charge in [-0.1, -0.05) is 47.6 Å². The van der Waals surface area contributed by atoms with Crippen LogP contribution in [0.15, 0.2) is 77.4 Å². The molecule has 0 bridgehead atoms. The molecule has 122 valence electrons. The Kier molecular flexibility index (Phi) is 3.84. The zero-order valence-corrected chi connectivity index (χ0v) is 13.1. The van der Waals surface area contributed by atoms with Gasteiger partial charge in [0, 0.05) is 29.1 Å². The highest BCUT2D eigenvalue weighted by molar-refractivity contribution is 6.03. The number of aromatic nitrogens is 3. The molecule has 2 heterocycles. The fourth-order valence-corrected chi connectivity index (χ4v) is 2.50. The molecule has 0 radical (unpaired) electrons. The lowest BCUT2D eigenvalue weighted by molar-refractivity contribution is 0.101. The van der Waals surface area contributed by atoms with E-state index in [1.54, 1.807) is 12.3 Å². The monoisotopic (exact) mass is 330 g/mol. The molecule has 0 spiro atoms. The lowest BCUT2D eigenvalue weighted by Crippen LogP contribution is -2.12. The van der Waals surface area contributed by atoms with E-state index in [1.165, 1.54) is 0 Å². The summed E-state index contributed by atoms with van der Waals surface area (Å²) in [4.78, 5) is 12.4. The van der Waals surface area contributed by atoms with E-state index in [4.69, 9.17) is 4.52 Å². The van der Waals surface area contributed by atoms with E-state index in [2.05, 4.69) is 20.7 Å². The molecule has 0 atom stereocenters. The molecule has 6 heteroatoms. The molecular weight excluding hydrogens is 316 g/mol. The minimum Gasteiger partial charge on any atom is -0.355 e. The van der Waals surface area contributed by atoms with Crippen molar-refractivity contribution in [2.45, 2.75) is 0 Å². The smallest absolute Gasteiger partial charge is 0.277 e. The summed E-state index contributed by atoms with van der Waals surface area (Å²) in [5, 5.41) is 13.5. The van der Waals surface area contributed by atoms with Gasteiger partial charge in [0.2, 0.25) is 0 Å². The second-order valence-corrected chi connectivity index (χ2v) is 5.45. The van der Waals surface area contributed by atoms with Gasteiger partial charge in [-0.25, -0.2) is 0 Å². The van der Waals surface area contributed by atoms with Crippen LogP contribution in [-0.2, 0) is 0 Å². The van der Waals surface area contributed by atoms with E-state index in [0.29, 0.717) is 11.4 Å². The Bertz CT molecular complexity index is 991. The molecular formula is C19H14N4O2. The van der Waals surface area contributed by atoms with Crippen LogP contribution in [-0.4, -0.2) is 21.3 Å². The molecule has 2 aromatic heterocycles. The number of anilines is 1. The largest absolute Gasteiger partial charge is 0.355 e. The number of hydrogen-bond acceptors (Lipinski definition) is 4. The summed E-state index contributed by atoms with van der Waals surface area (Å²) >= 11 is 0. The van der Waals surface area contributed by atoms with Crippen molar-refractivity contribution in [3.05, 3.63) is 78.6 Å². The number of carbonyl (C=O) groups excluding carboxylic acids is 1. The van der Waals surface area contributed by atoms with Crippen LogP contribution < -0.4 is 5.32 Å². The lowest BCUT2D eigenvalue weighted by Gasteiger charge is -2.04. The zero-order chi connectivity index (χ0) is 17.1. The number of amides is 1. The van der Waals surface area contributed by atoms with Crippen molar-refractivity contribution < 1.29 is 9.32 Å². The molecule has 0 aliphatic heterocycles. The van der Waals surface area contributed by atoms with Crippen molar-refractivity contribution >= 4 is 11.6 Å². The van der Waals surface area contributed by atoms with E-state index >= 15 is 0 Å². The van der Waals surface area contributed by atoms with Crippen LogP contribution in [0.25, 0.3) is 22.6 Å². The molecule has 25 heavy (non-hydrogen) atoms. The molecule has 6 nitrogen and oxygen atoms in total. The first-order valence-corrected chi connectivity index (χ1v) is 7.73. The van der Waals surface area contributed by atoms with E-state index in [0.717, 1.165) is 16.8 Å². The number of benzene rings is 2.